The average molecular weight is 211 g/mol. The van der Waals surface area contributed by atoms with Crippen molar-refractivity contribution in [3.63, 3.8) is 0 Å². The Kier molecular flexibility index (Phi) is 3.36. The van der Waals surface area contributed by atoms with Gasteiger partial charge in [0.2, 0.25) is 0 Å². The van der Waals surface area contributed by atoms with Gasteiger partial charge in [-0.25, -0.2) is 0 Å². The van der Waals surface area contributed by atoms with Crippen molar-refractivity contribution in [1.29, 1.82) is 0 Å². The highest BCUT2D eigenvalue weighted by atomic mass is 16.5. The summed E-state index contributed by atoms with van der Waals surface area (Å²) in [5.41, 5.74) is 0.671. The second-order valence-corrected chi connectivity index (χ2v) is 5.66. The van der Waals surface area contributed by atoms with E-state index in [2.05, 4.69) is 26.1 Å². The van der Waals surface area contributed by atoms with Crippen LogP contribution < -0.4 is 5.32 Å². The van der Waals surface area contributed by atoms with Gasteiger partial charge >= 0.3 is 0 Å². The molecule has 0 aromatic heterocycles. The largest absolute Gasteiger partial charge is 0.375 e. The second kappa shape index (κ2) is 4.42. The van der Waals surface area contributed by atoms with Gasteiger partial charge in [-0.3, -0.25) is 0 Å². The molecular formula is C13H25NO. The molecule has 1 saturated carbocycles. The van der Waals surface area contributed by atoms with E-state index in [9.17, 15) is 0 Å². The van der Waals surface area contributed by atoms with Crippen molar-refractivity contribution in [2.45, 2.75) is 71.1 Å². The topological polar surface area (TPSA) is 21.3 Å². The van der Waals surface area contributed by atoms with Gasteiger partial charge in [0.05, 0.1) is 12.2 Å². The molecule has 2 unspecified atom stereocenters. The summed E-state index contributed by atoms with van der Waals surface area (Å²) in [5.74, 6) is 0. The van der Waals surface area contributed by atoms with E-state index in [1.54, 1.807) is 0 Å². The van der Waals surface area contributed by atoms with E-state index in [1.165, 1.54) is 38.6 Å². The molecule has 0 amide bonds. The van der Waals surface area contributed by atoms with Crippen LogP contribution in [0.15, 0.2) is 0 Å². The molecule has 1 N–H and O–H groups in total. The molecule has 0 radical (unpaired) electrons. The Morgan fingerprint density at radius 2 is 1.80 bits per heavy atom. The lowest BCUT2D eigenvalue weighted by atomic mass is 9.97. The zero-order valence-corrected chi connectivity index (χ0v) is 10.4. The van der Waals surface area contributed by atoms with Crippen LogP contribution >= 0.6 is 0 Å². The summed E-state index contributed by atoms with van der Waals surface area (Å²) in [6, 6.07) is 0.688. The molecule has 1 aliphatic carbocycles. The Labute approximate surface area is 93.8 Å². The van der Waals surface area contributed by atoms with Gasteiger partial charge in [0.15, 0.2) is 0 Å². The standard InChI is InChI=1S/C13H25NO/c1-4-13(5-6-13)9-14-12-7-10(2)15-11(3)8-12/h10-12,14H,4-9H2,1-3H3. The van der Waals surface area contributed by atoms with Gasteiger partial charge < -0.3 is 10.1 Å². The number of rotatable bonds is 4. The quantitative estimate of drug-likeness (QED) is 0.772. The molecule has 2 heteroatoms. The summed E-state index contributed by atoms with van der Waals surface area (Å²) < 4.78 is 5.75. The van der Waals surface area contributed by atoms with Crippen LogP contribution in [-0.2, 0) is 4.74 Å². The molecule has 1 heterocycles. The van der Waals surface area contributed by atoms with Crippen molar-refractivity contribution in [2.24, 2.45) is 5.41 Å². The van der Waals surface area contributed by atoms with Crippen LogP contribution in [-0.4, -0.2) is 24.8 Å². The third kappa shape index (κ3) is 2.94. The SMILES string of the molecule is CCC1(CNC2CC(C)OC(C)C2)CC1. The molecule has 0 aromatic rings. The Morgan fingerprint density at radius 1 is 1.20 bits per heavy atom. The highest BCUT2D eigenvalue weighted by Gasteiger charge is 2.40. The third-order valence-electron chi connectivity index (χ3n) is 4.17. The molecule has 0 spiro atoms. The van der Waals surface area contributed by atoms with E-state index in [0.717, 1.165) is 0 Å². The van der Waals surface area contributed by atoms with Crippen molar-refractivity contribution in [1.82, 2.24) is 5.32 Å². The molecule has 2 atom stereocenters. The lowest BCUT2D eigenvalue weighted by Gasteiger charge is -2.33. The van der Waals surface area contributed by atoms with Gasteiger partial charge in [0.25, 0.3) is 0 Å². The number of hydrogen-bond donors (Lipinski definition) is 1. The Bertz CT molecular complexity index is 203. The average Bonchev–Trinajstić information content (AvgIpc) is 2.94. The van der Waals surface area contributed by atoms with Crippen LogP contribution in [0.4, 0.5) is 0 Å². The highest BCUT2D eigenvalue weighted by Crippen LogP contribution is 2.48. The van der Waals surface area contributed by atoms with Crippen molar-refractivity contribution in [2.75, 3.05) is 6.54 Å². The molecule has 0 aromatic carbocycles. The normalized spacial score (nSPS) is 39.0. The number of hydrogen-bond acceptors (Lipinski definition) is 2. The molecule has 0 bridgehead atoms. The first-order valence-corrected chi connectivity index (χ1v) is 6.52. The Morgan fingerprint density at radius 3 is 2.27 bits per heavy atom. The predicted octanol–water partition coefficient (Wildman–Crippen LogP) is 2.72. The van der Waals surface area contributed by atoms with E-state index in [4.69, 9.17) is 4.74 Å². The monoisotopic (exact) mass is 211 g/mol. The summed E-state index contributed by atoms with van der Waals surface area (Å²) in [7, 11) is 0. The van der Waals surface area contributed by atoms with Gasteiger partial charge in [0, 0.05) is 12.6 Å². The minimum Gasteiger partial charge on any atom is -0.375 e. The number of ether oxygens (including phenoxy) is 1. The van der Waals surface area contributed by atoms with Crippen LogP contribution in [0.1, 0.15) is 52.9 Å². The summed E-state index contributed by atoms with van der Waals surface area (Å²) in [5, 5.41) is 3.76. The van der Waals surface area contributed by atoms with Gasteiger partial charge in [-0.1, -0.05) is 6.92 Å². The molecule has 1 aliphatic heterocycles. The summed E-state index contributed by atoms with van der Waals surface area (Å²) in [6.45, 7) is 7.94. The Balaban J connectivity index is 1.74. The van der Waals surface area contributed by atoms with Gasteiger partial charge in [-0.05, 0) is 51.4 Å². The zero-order valence-electron chi connectivity index (χ0n) is 10.4. The molecule has 1 saturated heterocycles. The van der Waals surface area contributed by atoms with E-state index in [1.807, 2.05) is 0 Å². The second-order valence-electron chi connectivity index (χ2n) is 5.66. The first-order valence-electron chi connectivity index (χ1n) is 6.52. The van der Waals surface area contributed by atoms with E-state index in [-0.39, 0.29) is 0 Å². The van der Waals surface area contributed by atoms with Gasteiger partial charge in [0.1, 0.15) is 0 Å². The highest BCUT2D eigenvalue weighted by molar-refractivity contribution is 4.94. The van der Waals surface area contributed by atoms with Crippen LogP contribution in [0.5, 0.6) is 0 Å². The zero-order chi connectivity index (χ0) is 10.9. The van der Waals surface area contributed by atoms with Gasteiger partial charge in [-0.2, -0.15) is 0 Å². The smallest absolute Gasteiger partial charge is 0.0565 e. The maximum Gasteiger partial charge on any atom is 0.0565 e. The molecular weight excluding hydrogens is 186 g/mol. The molecule has 2 aliphatic rings. The first-order chi connectivity index (χ1) is 7.13. The molecule has 2 fully saturated rings. The molecule has 15 heavy (non-hydrogen) atoms. The fourth-order valence-corrected chi connectivity index (χ4v) is 2.76. The minimum absolute atomic E-state index is 0.433. The van der Waals surface area contributed by atoms with Crippen LogP contribution in [0.2, 0.25) is 0 Å². The fourth-order valence-electron chi connectivity index (χ4n) is 2.76. The maximum absolute atomic E-state index is 5.75. The lowest BCUT2D eigenvalue weighted by Crippen LogP contribution is -2.43. The maximum atomic E-state index is 5.75. The lowest BCUT2D eigenvalue weighted by molar-refractivity contribution is -0.0426. The Hall–Kier alpha value is -0.0800. The third-order valence-corrected chi connectivity index (χ3v) is 4.17. The summed E-state index contributed by atoms with van der Waals surface area (Å²) in [6.07, 6.45) is 7.45. The molecule has 2 rings (SSSR count). The number of nitrogens with one attached hydrogen (secondary N) is 1. The molecule has 88 valence electrons. The summed E-state index contributed by atoms with van der Waals surface area (Å²) >= 11 is 0. The van der Waals surface area contributed by atoms with Crippen molar-refractivity contribution >= 4 is 0 Å². The van der Waals surface area contributed by atoms with Crippen molar-refractivity contribution in [3.8, 4) is 0 Å². The van der Waals surface area contributed by atoms with Gasteiger partial charge in [-0.15, -0.1) is 0 Å². The predicted molar refractivity (Wildman–Crippen MR) is 63.0 cm³/mol. The van der Waals surface area contributed by atoms with E-state index >= 15 is 0 Å². The van der Waals surface area contributed by atoms with Crippen LogP contribution in [0, 0.1) is 5.41 Å². The van der Waals surface area contributed by atoms with Crippen LogP contribution in [0.3, 0.4) is 0 Å². The van der Waals surface area contributed by atoms with Crippen molar-refractivity contribution < 1.29 is 4.74 Å². The fraction of sp³-hybridized carbons (Fsp3) is 1.00. The first kappa shape index (κ1) is 11.4. The van der Waals surface area contributed by atoms with Crippen LogP contribution in [0.25, 0.3) is 0 Å². The minimum atomic E-state index is 0.433. The van der Waals surface area contributed by atoms with E-state index in [0.29, 0.717) is 23.7 Å². The van der Waals surface area contributed by atoms with E-state index < -0.39 is 0 Å². The summed E-state index contributed by atoms with van der Waals surface area (Å²) in [4.78, 5) is 0. The molecule has 2 nitrogen and oxygen atoms in total. The van der Waals surface area contributed by atoms with Crippen molar-refractivity contribution in [3.05, 3.63) is 0 Å².